The first-order valence-electron chi connectivity index (χ1n) is 8.03. The molecule has 4 N–H and O–H groups in total. The molecule has 3 rings (SSSR count). The van der Waals surface area contributed by atoms with Crippen molar-refractivity contribution in [2.75, 3.05) is 46.3 Å². The van der Waals surface area contributed by atoms with Gasteiger partial charge in [-0.25, -0.2) is 0 Å². The Morgan fingerprint density at radius 1 is 1.18 bits per heavy atom. The van der Waals surface area contributed by atoms with Crippen LogP contribution in [-0.4, -0.2) is 81.1 Å². The minimum atomic E-state index is 0.399. The van der Waals surface area contributed by atoms with Crippen molar-refractivity contribution in [3.63, 3.8) is 0 Å². The summed E-state index contributed by atoms with van der Waals surface area (Å²) in [7, 11) is 2.09. The summed E-state index contributed by atoms with van der Waals surface area (Å²) in [5, 5.41) is 13.4. The standard InChI is InChI=1S/C14H26N8/c1-10-18-8-12(22(10)2)9-20-14-19-7-11(21-14)3-4-15-13-16-5-6-17-13/h11-12H,3-9H2,1-2H3,(H2,15,16,17)(H2,19,20,21). The lowest BCUT2D eigenvalue weighted by Crippen LogP contribution is -2.46. The van der Waals surface area contributed by atoms with E-state index in [1.54, 1.807) is 0 Å². The molecule has 0 saturated carbocycles. The van der Waals surface area contributed by atoms with E-state index in [4.69, 9.17) is 0 Å². The summed E-state index contributed by atoms with van der Waals surface area (Å²) in [6.45, 7) is 7.35. The summed E-state index contributed by atoms with van der Waals surface area (Å²) >= 11 is 0. The fourth-order valence-corrected chi connectivity index (χ4v) is 2.79. The highest BCUT2D eigenvalue weighted by molar-refractivity contribution is 5.83. The van der Waals surface area contributed by atoms with Crippen LogP contribution in [-0.2, 0) is 0 Å². The van der Waals surface area contributed by atoms with Gasteiger partial charge in [0.25, 0.3) is 0 Å². The second-order valence-electron chi connectivity index (χ2n) is 5.94. The fraction of sp³-hybridized carbons (Fsp3) is 0.786. The van der Waals surface area contributed by atoms with Gasteiger partial charge in [0.1, 0.15) is 0 Å². The number of amidine groups is 1. The molecule has 0 bridgehead atoms. The van der Waals surface area contributed by atoms with Gasteiger partial charge >= 0.3 is 0 Å². The van der Waals surface area contributed by atoms with Crippen molar-refractivity contribution in [2.24, 2.45) is 15.0 Å². The van der Waals surface area contributed by atoms with Crippen molar-refractivity contribution in [1.82, 2.24) is 26.2 Å². The first-order valence-corrected chi connectivity index (χ1v) is 8.03. The molecule has 0 aromatic heterocycles. The Labute approximate surface area is 131 Å². The molecule has 0 aromatic carbocycles. The number of guanidine groups is 2. The van der Waals surface area contributed by atoms with Crippen molar-refractivity contribution in [3.05, 3.63) is 0 Å². The Balaban J connectivity index is 1.30. The lowest BCUT2D eigenvalue weighted by Gasteiger charge is -2.22. The zero-order chi connectivity index (χ0) is 15.4. The average Bonchev–Trinajstić information content (AvgIpc) is 3.23. The maximum Gasteiger partial charge on any atom is 0.191 e. The van der Waals surface area contributed by atoms with E-state index < -0.39 is 0 Å². The molecule has 0 aliphatic carbocycles. The van der Waals surface area contributed by atoms with E-state index in [0.717, 1.165) is 63.4 Å². The Kier molecular flexibility index (Phi) is 4.65. The molecule has 22 heavy (non-hydrogen) atoms. The lowest BCUT2D eigenvalue weighted by atomic mass is 10.2. The predicted molar refractivity (Wildman–Crippen MR) is 89.7 cm³/mol. The first kappa shape index (κ1) is 14.9. The highest BCUT2D eigenvalue weighted by atomic mass is 15.3. The largest absolute Gasteiger partial charge is 0.357 e. The van der Waals surface area contributed by atoms with E-state index in [9.17, 15) is 0 Å². The number of nitrogens with zero attached hydrogens (tertiary/aromatic N) is 4. The third kappa shape index (κ3) is 3.61. The van der Waals surface area contributed by atoms with Gasteiger partial charge in [-0.1, -0.05) is 0 Å². The highest BCUT2D eigenvalue weighted by Gasteiger charge is 2.23. The number of hydrogen-bond donors (Lipinski definition) is 4. The Bertz CT molecular complexity index is 483. The summed E-state index contributed by atoms with van der Waals surface area (Å²) in [6.07, 6.45) is 1.03. The third-order valence-corrected chi connectivity index (χ3v) is 4.36. The van der Waals surface area contributed by atoms with Gasteiger partial charge in [0, 0.05) is 26.7 Å². The first-order chi connectivity index (χ1) is 10.7. The summed E-state index contributed by atoms with van der Waals surface area (Å²) < 4.78 is 0. The van der Waals surface area contributed by atoms with Gasteiger partial charge in [0.15, 0.2) is 11.9 Å². The molecule has 0 fully saturated rings. The predicted octanol–water partition coefficient (Wildman–Crippen LogP) is -1.42. The summed E-state index contributed by atoms with van der Waals surface area (Å²) in [4.78, 5) is 15.5. The van der Waals surface area contributed by atoms with E-state index in [0.29, 0.717) is 12.1 Å². The van der Waals surface area contributed by atoms with Gasteiger partial charge in [0.2, 0.25) is 0 Å². The topological polar surface area (TPSA) is 88.4 Å². The molecule has 122 valence electrons. The highest BCUT2D eigenvalue weighted by Crippen LogP contribution is 2.07. The third-order valence-electron chi connectivity index (χ3n) is 4.36. The van der Waals surface area contributed by atoms with Crippen LogP contribution in [0.3, 0.4) is 0 Å². The second kappa shape index (κ2) is 6.85. The van der Waals surface area contributed by atoms with E-state index >= 15 is 0 Å². The van der Waals surface area contributed by atoms with Crippen LogP contribution in [0.2, 0.25) is 0 Å². The number of nitrogens with one attached hydrogen (secondary N) is 4. The van der Waals surface area contributed by atoms with Crippen molar-refractivity contribution in [2.45, 2.75) is 25.4 Å². The van der Waals surface area contributed by atoms with Crippen molar-refractivity contribution in [1.29, 1.82) is 0 Å². The molecule has 0 amide bonds. The average molecular weight is 306 g/mol. The molecule has 3 aliphatic heterocycles. The van der Waals surface area contributed by atoms with Gasteiger partial charge in [-0.05, 0) is 13.3 Å². The van der Waals surface area contributed by atoms with Gasteiger partial charge in [0.05, 0.1) is 37.6 Å². The van der Waals surface area contributed by atoms with Crippen molar-refractivity contribution in [3.8, 4) is 0 Å². The zero-order valence-corrected chi connectivity index (χ0v) is 13.4. The van der Waals surface area contributed by atoms with Gasteiger partial charge < -0.3 is 26.2 Å². The van der Waals surface area contributed by atoms with E-state index in [1.807, 2.05) is 0 Å². The minimum Gasteiger partial charge on any atom is -0.357 e. The molecule has 2 atom stereocenters. The summed E-state index contributed by atoms with van der Waals surface area (Å²) in [5.74, 6) is 2.96. The minimum absolute atomic E-state index is 0.399. The molecule has 0 spiro atoms. The molecule has 8 nitrogen and oxygen atoms in total. The van der Waals surface area contributed by atoms with Crippen LogP contribution in [0.1, 0.15) is 13.3 Å². The Morgan fingerprint density at radius 3 is 2.82 bits per heavy atom. The molecular weight excluding hydrogens is 280 g/mol. The summed E-state index contributed by atoms with van der Waals surface area (Å²) in [5.41, 5.74) is 0. The quantitative estimate of drug-likeness (QED) is 0.500. The van der Waals surface area contributed by atoms with Gasteiger partial charge in [-0.15, -0.1) is 0 Å². The van der Waals surface area contributed by atoms with Crippen LogP contribution < -0.4 is 21.3 Å². The smallest absolute Gasteiger partial charge is 0.191 e. The SMILES string of the molecule is CC1=NCC(CNC2=NCC(CCNC3=NCCN3)N2)N1C. The molecular formula is C14H26N8. The van der Waals surface area contributed by atoms with Gasteiger partial charge in [-0.2, -0.15) is 0 Å². The molecule has 3 aliphatic rings. The Hall–Kier alpha value is -1.99. The number of rotatable bonds is 5. The van der Waals surface area contributed by atoms with E-state index in [2.05, 4.69) is 55.1 Å². The summed E-state index contributed by atoms with van der Waals surface area (Å²) in [6, 6.07) is 0.827. The van der Waals surface area contributed by atoms with Crippen LogP contribution in [0, 0.1) is 0 Å². The maximum absolute atomic E-state index is 4.54. The second-order valence-corrected chi connectivity index (χ2v) is 5.94. The Morgan fingerprint density at radius 2 is 2.09 bits per heavy atom. The number of hydrogen-bond acceptors (Lipinski definition) is 8. The van der Waals surface area contributed by atoms with Crippen LogP contribution in [0.5, 0.6) is 0 Å². The number of likely N-dealkylation sites (N-methyl/N-ethyl adjacent to an activating group) is 1. The zero-order valence-electron chi connectivity index (χ0n) is 13.4. The molecule has 0 radical (unpaired) electrons. The van der Waals surface area contributed by atoms with Crippen LogP contribution in [0.15, 0.2) is 15.0 Å². The van der Waals surface area contributed by atoms with Gasteiger partial charge in [-0.3, -0.25) is 15.0 Å². The monoisotopic (exact) mass is 306 g/mol. The molecule has 2 unspecified atom stereocenters. The van der Waals surface area contributed by atoms with Crippen LogP contribution >= 0.6 is 0 Å². The van der Waals surface area contributed by atoms with Crippen molar-refractivity contribution >= 4 is 17.8 Å². The van der Waals surface area contributed by atoms with Crippen LogP contribution in [0.4, 0.5) is 0 Å². The van der Waals surface area contributed by atoms with Crippen molar-refractivity contribution < 1.29 is 0 Å². The molecule has 0 aromatic rings. The van der Waals surface area contributed by atoms with Crippen LogP contribution in [0.25, 0.3) is 0 Å². The van der Waals surface area contributed by atoms with E-state index in [1.165, 1.54) is 0 Å². The normalized spacial score (nSPS) is 27.0. The molecule has 3 heterocycles. The lowest BCUT2D eigenvalue weighted by molar-refractivity contribution is 0.397. The van der Waals surface area contributed by atoms with E-state index in [-0.39, 0.29) is 0 Å². The maximum atomic E-state index is 4.54. The molecule has 0 saturated heterocycles. The molecule has 8 heteroatoms. The number of aliphatic imine (C=N–C) groups is 3. The fourth-order valence-electron chi connectivity index (χ4n) is 2.79.